The molecule has 1 aromatic carbocycles. The summed E-state index contributed by atoms with van der Waals surface area (Å²) in [5.41, 5.74) is 2.79. The largest absolute Gasteiger partial charge is 0.349 e. The van der Waals surface area contributed by atoms with Crippen LogP contribution in [0.1, 0.15) is 31.3 Å². The molecule has 0 unspecified atom stereocenters. The van der Waals surface area contributed by atoms with Gasteiger partial charge in [0.05, 0.1) is 16.4 Å². The lowest BCUT2D eigenvalue weighted by molar-refractivity contribution is 0.0922. The fraction of sp³-hybridized carbons (Fsp3) is 0.300. The van der Waals surface area contributed by atoms with Crippen LogP contribution in [0.25, 0.3) is 17.1 Å². The first-order chi connectivity index (χ1) is 12.4. The highest BCUT2D eigenvalue weighted by atomic mass is 35.5. The zero-order chi connectivity index (χ0) is 18.8. The zero-order valence-electron chi connectivity index (χ0n) is 15.4. The normalized spacial score (nSPS) is 12.4. The van der Waals surface area contributed by atoms with Crippen molar-refractivity contribution in [1.29, 1.82) is 0 Å². The van der Waals surface area contributed by atoms with Crippen LogP contribution in [0, 0.1) is 5.92 Å². The van der Waals surface area contributed by atoms with Crippen molar-refractivity contribution >= 4 is 17.5 Å². The highest BCUT2D eigenvalue weighted by molar-refractivity contribution is 6.32. The molecule has 0 aliphatic heterocycles. The molecule has 2 aromatic heterocycles. The first-order valence-electron chi connectivity index (χ1n) is 8.66. The molecule has 0 spiro atoms. The first-order valence-corrected chi connectivity index (χ1v) is 9.04. The van der Waals surface area contributed by atoms with Crippen LogP contribution in [0.5, 0.6) is 0 Å². The number of hydrogen-bond donors (Lipinski definition) is 1. The highest BCUT2D eigenvalue weighted by Gasteiger charge is 2.21. The lowest BCUT2D eigenvalue weighted by Crippen LogP contribution is -2.37. The lowest BCUT2D eigenvalue weighted by atomic mass is 10.1. The number of rotatable bonds is 5. The Balaban J connectivity index is 2.09. The zero-order valence-corrected chi connectivity index (χ0v) is 16.2. The number of carbonyl (C=O) groups is 1. The van der Waals surface area contributed by atoms with E-state index in [0.717, 1.165) is 11.4 Å². The molecule has 0 saturated heterocycles. The van der Waals surface area contributed by atoms with Gasteiger partial charge in [-0.05, 0) is 43.2 Å². The number of benzene rings is 1. The van der Waals surface area contributed by atoms with Crippen LogP contribution >= 0.6 is 11.6 Å². The third-order valence-corrected chi connectivity index (χ3v) is 4.91. The molecule has 0 saturated carbocycles. The van der Waals surface area contributed by atoms with Gasteiger partial charge in [-0.25, -0.2) is 4.68 Å². The van der Waals surface area contributed by atoms with Crippen LogP contribution in [0.3, 0.4) is 0 Å². The van der Waals surface area contributed by atoms with Crippen LogP contribution in [0.15, 0.2) is 48.7 Å². The predicted molar refractivity (Wildman–Crippen MR) is 105 cm³/mol. The van der Waals surface area contributed by atoms with Crippen LogP contribution in [0.4, 0.5) is 0 Å². The van der Waals surface area contributed by atoms with Gasteiger partial charge in [-0.2, -0.15) is 5.10 Å². The second-order valence-electron chi connectivity index (χ2n) is 6.79. The topological polar surface area (TPSA) is 51.9 Å². The van der Waals surface area contributed by atoms with Gasteiger partial charge in [-0.15, -0.1) is 0 Å². The number of aryl methyl sites for hydroxylation is 1. The van der Waals surface area contributed by atoms with Crippen LogP contribution in [-0.4, -0.2) is 26.3 Å². The van der Waals surface area contributed by atoms with Crippen LogP contribution in [0.2, 0.25) is 5.02 Å². The molecule has 0 bridgehead atoms. The second kappa shape index (κ2) is 7.38. The Morgan fingerprint density at radius 1 is 1.15 bits per heavy atom. The van der Waals surface area contributed by atoms with E-state index < -0.39 is 0 Å². The molecule has 1 amide bonds. The summed E-state index contributed by atoms with van der Waals surface area (Å²) in [7, 11) is 1.95. The van der Waals surface area contributed by atoms with Crippen molar-refractivity contribution in [2.45, 2.75) is 26.8 Å². The van der Waals surface area contributed by atoms with E-state index in [1.807, 2.05) is 55.1 Å². The maximum Gasteiger partial charge on any atom is 0.270 e. The maximum absolute atomic E-state index is 12.9. The number of amides is 1. The van der Waals surface area contributed by atoms with E-state index in [9.17, 15) is 4.79 Å². The standard InChI is InChI=1S/C20H23ClN4O/c1-13(2)14(3)22-20(26)19-12-16(18-10-7-11-24(18)4)23-25(19)17-9-6-5-8-15(17)21/h5-14H,1-4H3,(H,22,26)/t14-/m1/s1. The number of hydrogen-bond acceptors (Lipinski definition) is 2. The van der Waals surface area contributed by atoms with E-state index in [0.29, 0.717) is 22.3 Å². The third-order valence-electron chi connectivity index (χ3n) is 4.59. The van der Waals surface area contributed by atoms with E-state index in [1.165, 1.54) is 0 Å². The molecule has 1 N–H and O–H groups in total. The Morgan fingerprint density at radius 2 is 1.88 bits per heavy atom. The van der Waals surface area contributed by atoms with Crippen molar-refractivity contribution in [2.24, 2.45) is 13.0 Å². The van der Waals surface area contributed by atoms with Gasteiger partial charge in [-0.3, -0.25) is 4.79 Å². The van der Waals surface area contributed by atoms with Crippen LogP contribution in [-0.2, 0) is 7.05 Å². The smallest absolute Gasteiger partial charge is 0.270 e. The minimum atomic E-state index is -0.168. The summed E-state index contributed by atoms with van der Waals surface area (Å²) in [6.45, 7) is 6.15. The summed E-state index contributed by atoms with van der Waals surface area (Å²) in [6.07, 6.45) is 1.95. The van der Waals surface area contributed by atoms with Crippen molar-refractivity contribution in [3.05, 3.63) is 59.4 Å². The minimum Gasteiger partial charge on any atom is -0.349 e. The van der Waals surface area contributed by atoms with E-state index in [-0.39, 0.29) is 11.9 Å². The molecule has 1 atom stereocenters. The molecule has 26 heavy (non-hydrogen) atoms. The third kappa shape index (κ3) is 3.53. The van der Waals surface area contributed by atoms with Gasteiger partial charge in [0.25, 0.3) is 5.91 Å². The Labute approximate surface area is 158 Å². The van der Waals surface area contributed by atoms with Gasteiger partial charge >= 0.3 is 0 Å². The molecule has 0 radical (unpaired) electrons. The Morgan fingerprint density at radius 3 is 2.50 bits per heavy atom. The molecule has 136 valence electrons. The quantitative estimate of drug-likeness (QED) is 0.727. The summed E-state index contributed by atoms with van der Waals surface area (Å²) in [5, 5.41) is 8.26. The Bertz CT molecular complexity index is 926. The van der Waals surface area contributed by atoms with Crippen LogP contribution < -0.4 is 5.32 Å². The molecular formula is C20H23ClN4O. The number of halogens is 1. The van der Waals surface area contributed by atoms with E-state index in [1.54, 1.807) is 16.8 Å². The van der Waals surface area contributed by atoms with Crippen molar-refractivity contribution in [2.75, 3.05) is 0 Å². The van der Waals surface area contributed by atoms with Gasteiger partial charge in [0.15, 0.2) is 0 Å². The summed E-state index contributed by atoms with van der Waals surface area (Å²) in [6, 6.07) is 13.2. The molecule has 6 heteroatoms. The number of nitrogens with zero attached hydrogens (tertiary/aromatic N) is 3. The van der Waals surface area contributed by atoms with Crippen molar-refractivity contribution < 1.29 is 4.79 Å². The van der Waals surface area contributed by atoms with Gasteiger partial charge < -0.3 is 9.88 Å². The highest BCUT2D eigenvalue weighted by Crippen LogP contribution is 2.25. The molecule has 3 rings (SSSR count). The van der Waals surface area contributed by atoms with Gasteiger partial charge in [0, 0.05) is 19.3 Å². The summed E-state index contributed by atoms with van der Waals surface area (Å²) in [4.78, 5) is 12.9. The summed E-state index contributed by atoms with van der Waals surface area (Å²) < 4.78 is 3.59. The molecule has 3 aromatic rings. The SMILES string of the molecule is CC(C)[C@@H](C)NC(=O)c1cc(-c2cccn2C)nn1-c1ccccc1Cl. The molecule has 0 fully saturated rings. The Kier molecular flexibility index (Phi) is 5.18. The summed E-state index contributed by atoms with van der Waals surface area (Å²) >= 11 is 6.36. The van der Waals surface area contributed by atoms with E-state index >= 15 is 0 Å². The molecule has 0 aliphatic rings. The molecule has 2 heterocycles. The first kappa shape index (κ1) is 18.3. The predicted octanol–water partition coefficient (Wildman–Crippen LogP) is 4.31. The van der Waals surface area contributed by atoms with Gasteiger partial charge in [0.2, 0.25) is 0 Å². The average Bonchev–Trinajstić information content (AvgIpc) is 3.21. The van der Waals surface area contributed by atoms with Gasteiger partial charge in [0.1, 0.15) is 11.4 Å². The second-order valence-corrected chi connectivity index (χ2v) is 7.20. The summed E-state index contributed by atoms with van der Waals surface area (Å²) in [5.74, 6) is 0.169. The maximum atomic E-state index is 12.9. The fourth-order valence-electron chi connectivity index (χ4n) is 2.65. The van der Waals surface area contributed by atoms with Crippen molar-refractivity contribution in [3.8, 4) is 17.1 Å². The van der Waals surface area contributed by atoms with E-state index in [2.05, 4.69) is 24.3 Å². The Hall–Kier alpha value is -2.53. The fourth-order valence-corrected chi connectivity index (χ4v) is 2.87. The van der Waals surface area contributed by atoms with Crippen molar-refractivity contribution in [1.82, 2.24) is 19.7 Å². The average molecular weight is 371 g/mol. The monoisotopic (exact) mass is 370 g/mol. The number of nitrogens with one attached hydrogen (secondary N) is 1. The van der Waals surface area contributed by atoms with E-state index in [4.69, 9.17) is 11.6 Å². The molecular weight excluding hydrogens is 348 g/mol. The minimum absolute atomic E-state index is 0.0515. The van der Waals surface area contributed by atoms with Crippen molar-refractivity contribution in [3.63, 3.8) is 0 Å². The van der Waals surface area contributed by atoms with Gasteiger partial charge in [-0.1, -0.05) is 37.6 Å². The molecule has 5 nitrogen and oxygen atoms in total. The molecule has 0 aliphatic carbocycles. The number of carbonyl (C=O) groups excluding carboxylic acids is 1. The lowest BCUT2D eigenvalue weighted by Gasteiger charge is -2.17. The number of aromatic nitrogens is 3. The number of para-hydroxylation sites is 1.